The van der Waals surface area contributed by atoms with E-state index in [0.29, 0.717) is 12.1 Å². The van der Waals surface area contributed by atoms with Crippen molar-refractivity contribution in [1.82, 2.24) is 14.5 Å². The zero-order chi connectivity index (χ0) is 13.4. The molecule has 1 fully saturated rings. The first kappa shape index (κ1) is 13.1. The van der Waals surface area contributed by atoms with Gasteiger partial charge in [-0.1, -0.05) is 0 Å². The van der Waals surface area contributed by atoms with Gasteiger partial charge in [-0.05, 0) is 46.1 Å². The number of likely N-dealkylation sites (tertiary alicyclic amines) is 1. The quantitative estimate of drug-likeness (QED) is 0.909. The summed E-state index contributed by atoms with van der Waals surface area (Å²) >= 11 is 0. The molecular formula is C15H25N3O. The van der Waals surface area contributed by atoms with Crippen molar-refractivity contribution in [3.63, 3.8) is 0 Å². The molecule has 2 atom stereocenters. The lowest BCUT2D eigenvalue weighted by molar-refractivity contribution is 0.201. The molecule has 4 nitrogen and oxygen atoms in total. The van der Waals surface area contributed by atoms with Crippen molar-refractivity contribution in [2.75, 3.05) is 13.2 Å². The maximum atomic E-state index is 9.49. The SMILES string of the molecule is CC(C)N1CCCC1c1cn2c(n1)CCCC2CO. The van der Waals surface area contributed by atoms with E-state index in [1.54, 1.807) is 0 Å². The Morgan fingerprint density at radius 2 is 2.21 bits per heavy atom. The van der Waals surface area contributed by atoms with Gasteiger partial charge >= 0.3 is 0 Å². The van der Waals surface area contributed by atoms with Crippen molar-refractivity contribution in [3.05, 3.63) is 17.7 Å². The van der Waals surface area contributed by atoms with Crippen LogP contribution in [0.1, 0.15) is 63.1 Å². The van der Waals surface area contributed by atoms with Crippen LogP contribution < -0.4 is 0 Å². The summed E-state index contributed by atoms with van der Waals surface area (Å²) in [6.45, 7) is 5.96. The summed E-state index contributed by atoms with van der Waals surface area (Å²) in [6.07, 6.45) is 8.00. The molecule has 4 heteroatoms. The summed E-state index contributed by atoms with van der Waals surface area (Å²) in [6, 6.07) is 1.32. The van der Waals surface area contributed by atoms with Crippen molar-refractivity contribution in [2.24, 2.45) is 0 Å². The molecule has 1 N–H and O–H groups in total. The van der Waals surface area contributed by atoms with Crippen LogP contribution in [0.3, 0.4) is 0 Å². The van der Waals surface area contributed by atoms with Gasteiger partial charge in [0, 0.05) is 18.7 Å². The van der Waals surface area contributed by atoms with E-state index in [0.717, 1.165) is 19.3 Å². The van der Waals surface area contributed by atoms with Crippen LogP contribution >= 0.6 is 0 Å². The van der Waals surface area contributed by atoms with Gasteiger partial charge in [0.15, 0.2) is 0 Å². The van der Waals surface area contributed by atoms with Crippen LogP contribution in [0.2, 0.25) is 0 Å². The van der Waals surface area contributed by atoms with Crippen LogP contribution in [0.25, 0.3) is 0 Å². The fourth-order valence-corrected chi connectivity index (χ4v) is 3.65. The Kier molecular flexibility index (Phi) is 3.63. The largest absolute Gasteiger partial charge is 0.394 e. The first-order chi connectivity index (χ1) is 9.20. The standard InChI is InChI=1S/C15H25N3O/c1-11(2)17-8-4-6-14(17)13-9-18-12(10-19)5-3-7-15(18)16-13/h9,11-12,14,19H,3-8,10H2,1-2H3. The molecule has 1 aromatic rings. The molecule has 0 amide bonds. The zero-order valence-corrected chi connectivity index (χ0v) is 12.0. The predicted molar refractivity (Wildman–Crippen MR) is 75.1 cm³/mol. The molecule has 0 spiro atoms. The summed E-state index contributed by atoms with van der Waals surface area (Å²) in [5.41, 5.74) is 1.22. The Morgan fingerprint density at radius 3 is 2.95 bits per heavy atom. The molecule has 2 aliphatic heterocycles. The van der Waals surface area contributed by atoms with E-state index in [4.69, 9.17) is 4.98 Å². The maximum Gasteiger partial charge on any atom is 0.109 e. The van der Waals surface area contributed by atoms with Crippen LogP contribution in [-0.2, 0) is 6.42 Å². The molecule has 2 unspecified atom stereocenters. The summed E-state index contributed by atoms with van der Waals surface area (Å²) in [5.74, 6) is 1.18. The highest BCUT2D eigenvalue weighted by molar-refractivity contribution is 5.14. The monoisotopic (exact) mass is 263 g/mol. The predicted octanol–water partition coefficient (Wildman–Crippen LogP) is 2.30. The third kappa shape index (κ3) is 2.32. The number of nitrogens with zero attached hydrogens (tertiary/aromatic N) is 3. The molecule has 3 heterocycles. The van der Waals surface area contributed by atoms with Crippen molar-refractivity contribution in [2.45, 2.75) is 64.1 Å². The minimum absolute atomic E-state index is 0.237. The van der Waals surface area contributed by atoms with Crippen molar-refractivity contribution in [3.8, 4) is 0 Å². The van der Waals surface area contributed by atoms with Gasteiger partial charge < -0.3 is 9.67 Å². The molecule has 1 saturated heterocycles. The van der Waals surface area contributed by atoms with Gasteiger partial charge in [0.1, 0.15) is 5.82 Å². The smallest absolute Gasteiger partial charge is 0.109 e. The van der Waals surface area contributed by atoms with Gasteiger partial charge in [0.05, 0.1) is 24.4 Å². The molecule has 19 heavy (non-hydrogen) atoms. The first-order valence-corrected chi connectivity index (χ1v) is 7.65. The molecular weight excluding hydrogens is 238 g/mol. The molecule has 106 valence electrons. The first-order valence-electron chi connectivity index (χ1n) is 7.65. The number of fused-ring (bicyclic) bond motifs is 1. The lowest BCUT2D eigenvalue weighted by atomic mass is 10.1. The van der Waals surface area contributed by atoms with Gasteiger partial charge in [0.2, 0.25) is 0 Å². The van der Waals surface area contributed by atoms with Crippen molar-refractivity contribution < 1.29 is 5.11 Å². The van der Waals surface area contributed by atoms with E-state index in [1.165, 1.54) is 30.9 Å². The Balaban J connectivity index is 1.88. The number of aliphatic hydroxyl groups excluding tert-OH is 1. The second kappa shape index (κ2) is 5.25. The minimum atomic E-state index is 0.237. The van der Waals surface area contributed by atoms with E-state index in [1.807, 2.05) is 0 Å². The van der Waals surface area contributed by atoms with Crippen LogP contribution in [0, 0.1) is 0 Å². The molecule has 0 radical (unpaired) electrons. The van der Waals surface area contributed by atoms with E-state index < -0.39 is 0 Å². The third-order valence-electron chi connectivity index (χ3n) is 4.67. The summed E-state index contributed by atoms with van der Waals surface area (Å²) in [4.78, 5) is 7.43. The molecule has 2 aliphatic rings. The second-order valence-electron chi connectivity index (χ2n) is 6.21. The minimum Gasteiger partial charge on any atom is -0.394 e. The van der Waals surface area contributed by atoms with Crippen LogP contribution in [-0.4, -0.2) is 38.8 Å². The van der Waals surface area contributed by atoms with Gasteiger partial charge in [-0.15, -0.1) is 0 Å². The molecule has 0 aliphatic carbocycles. The van der Waals surface area contributed by atoms with Crippen LogP contribution in [0.5, 0.6) is 0 Å². The highest BCUT2D eigenvalue weighted by Crippen LogP contribution is 2.35. The number of aromatic nitrogens is 2. The number of hydrogen-bond donors (Lipinski definition) is 1. The number of imidazole rings is 1. The summed E-state index contributed by atoms with van der Waals surface area (Å²) < 4.78 is 2.23. The van der Waals surface area contributed by atoms with Gasteiger partial charge in [-0.25, -0.2) is 4.98 Å². The average molecular weight is 263 g/mol. The molecule has 1 aromatic heterocycles. The number of rotatable bonds is 3. The average Bonchev–Trinajstić information content (AvgIpc) is 3.03. The maximum absolute atomic E-state index is 9.49. The van der Waals surface area contributed by atoms with Gasteiger partial charge in [0.25, 0.3) is 0 Å². The lowest BCUT2D eigenvalue weighted by Crippen LogP contribution is -2.30. The van der Waals surface area contributed by atoms with E-state index in [-0.39, 0.29) is 12.6 Å². The molecule has 3 rings (SSSR count). The highest BCUT2D eigenvalue weighted by atomic mass is 16.3. The highest BCUT2D eigenvalue weighted by Gasteiger charge is 2.31. The second-order valence-corrected chi connectivity index (χ2v) is 6.21. The number of aryl methyl sites for hydroxylation is 1. The van der Waals surface area contributed by atoms with Crippen molar-refractivity contribution >= 4 is 0 Å². The van der Waals surface area contributed by atoms with Crippen LogP contribution in [0.15, 0.2) is 6.20 Å². The Hall–Kier alpha value is -0.870. The van der Waals surface area contributed by atoms with Gasteiger partial charge in [-0.2, -0.15) is 0 Å². The zero-order valence-electron chi connectivity index (χ0n) is 12.0. The molecule has 0 bridgehead atoms. The Labute approximate surface area is 115 Å². The fourth-order valence-electron chi connectivity index (χ4n) is 3.65. The third-order valence-corrected chi connectivity index (χ3v) is 4.67. The van der Waals surface area contributed by atoms with E-state index in [2.05, 4.69) is 29.5 Å². The van der Waals surface area contributed by atoms with Crippen molar-refractivity contribution in [1.29, 1.82) is 0 Å². The lowest BCUT2D eigenvalue weighted by Gasteiger charge is -2.27. The molecule has 0 saturated carbocycles. The molecule has 0 aromatic carbocycles. The Morgan fingerprint density at radius 1 is 1.37 bits per heavy atom. The summed E-state index contributed by atoms with van der Waals surface area (Å²) in [7, 11) is 0. The number of hydrogen-bond acceptors (Lipinski definition) is 3. The van der Waals surface area contributed by atoms with Crippen LogP contribution in [0.4, 0.5) is 0 Å². The summed E-state index contributed by atoms with van der Waals surface area (Å²) in [5, 5.41) is 9.49. The number of aliphatic hydroxyl groups is 1. The normalized spacial score (nSPS) is 28.0. The van der Waals surface area contributed by atoms with E-state index >= 15 is 0 Å². The Bertz CT molecular complexity index is 441. The fraction of sp³-hybridized carbons (Fsp3) is 0.800. The topological polar surface area (TPSA) is 41.3 Å². The van der Waals surface area contributed by atoms with E-state index in [9.17, 15) is 5.11 Å². The van der Waals surface area contributed by atoms with Gasteiger partial charge in [-0.3, -0.25) is 4.90 Å².